The van der Waals surface area contributed by atoms with Gasteiger partial charge in [0.15, 0.2) is 6.29 Å². The van der Waals surface area contributed by atoms with Crippen molar-refractivity contribution in [2.24, 2.45) is 0 Å². The first kappa shape index (κ1) is 8.69. The fraction of sp³-hybridized carbons (Fsp3) is 0.0909. The fourth-order valence-electron chi connectivity index (χ4n) is 1.44. The standard InChI is InChI=1S/C11H10N2O/c1-8-10(7-14)6-13-11(8)9-3-2-4-12-5-9/h2-7,13H,1H3. The molecule has 0 aliphatic heterocycles. The van der Waals surface area contributed by atoms with Gasteiger partial charge in [-0.15, -0.1) is 0 Å². The van der Waals surface area contributed by atoms with Gasteiger partial charge < -0.3 is 4.98 Å². The highest BCUT2D eigenvalue weighted by molar-refractivity contribution is 5.81. The number of pyridine rings is 1. The molecule has 14 heavy (non-hydrogen) atoms. The molecule has 0 spiro atoms. The van der Waals surface area contributed by atoms with Crippen LogP contribution < -0.4 is 0 Å². The van der Waals surface area contributed by atoms with Gasteiger partial charge in [0.25, 0.3) is 0 Å². The minimum Gasteiger partial charge on any atom is -0.360 e. The van der Waals surface area contributed by atoms with Crippen molar-refractivity contribution in [3.8, 4) is 11.3 Å². The third-order valence-electron chi connectivity index (χ3n) is 2.26. The van der Waals surface area contributed by atoms with Crippen molar-refractivity contribution in [2.75, 3.05) is 0 Å². The number of H-pyrrole nitrogens is 1. The van der Waals surface area contributed by atoms with Crippen molar-refractivity contribution in [1.82, 2.24) is 9.97 Å². The molecule has 0 aromatic carbocycles. The predicted octanol–water partition coefficient (Wildman–Crippen LogP) is 2.20. The molecule has 2 aromatic heterocycles. The van der Waals surface area contributed by atoms with Gasteiger partial charge in [-0.2, -0.15) is 0 Å². The first-order chi connectivity index (χ1) is 6.83. The predicted molar refractivity (Wildman–Crippen MR) is 54.1 cm³/mol. The van der Waals surface area contributed by atoms with Gasteiger partial charge in [0, 0.05) is 29.7 Å². The van der Waals surface area contributed by atoms with Crippen LogP contribution in [-0.2, 0) is 0 Å². The molecular formula is C11H10N2O. The van der Waals surface area contributed by atoms with E-state index in [1.165, 1.54) is 0 Å². The van der Waals surface area contributed by atoms with E-state index in [2.05, 4.69) is 9.97 Å². The fourth-order valence-corrected chi connectivity index (χ4v) is 1.44. The maximum absolute atomic E-state index is 10.6. The number of aromatic amines is 1. The van der Waals surface area contributed by atoms with Crippen molar-refractivity contribution in [3.63, 3.8) is 0 Å². The second-order valence-electron chi connectivity index (χ2n) is 3.10. The average molecular weight is 186 g/mol. The van der Waals surface area contributed by atoms with Gasteiger partial charge >= 0.3 is 0 Å². The Bertz CT molecular complexity index is 446. The lowest BCUT2D eigenvalue weighted by Gasteiger charge is -1.98. The van der Waals surface area contributed by atoms with E-state index in [1.54, 1.807) is 18.6 Å². The number of aromatic nitrogens is 2. The molecule has 1 N–H and O–H groups in total. The van der Waals surface area contributed by atoms with Crippen molar-refractivity contribution >= 4 is 6.29 Å². The monoisotopic (exact) mass is 186 g/mol. The van der Waals surface area contributed by atoms with Crippen molar-refractivity contribution in [3.05, 3.63) is 41.9 Å². The summed E-state index contributed by atoms with van der Waals surface area (Å²) >= 11 is 0. The Morgan fingerprint density at radius 3 is 2.93 bits per heavy atom. The highest BCUT2D eigenvalue weighted by Gasteiger charge is 2.07. The molecule has 0 atom stereocenters. The Morgan fingerprint density at radius 1 is 1.50 bits per heavy atom. The molecule has 70 valence electrons. The smallest absolute Gasteiger partial charge is 0.151 e. The van der Waals surface area contributed by atoms with E-state index >= 15 is 0 Å². The second kappa shape index (κ2) is 3.46. The molecule has 0 saturated carbocycles. The molecule has 0 amide bonds. The molecule has 0 aliphatic rings. The Balaban J connectivity index is 2.53. The lowest BCUT2D eigenvalue weighted by molar-refractivity contribution is 0.112. The number of hydrogen-bond donors (Lipinski definition) is 1. The second-order valence-corrected chi connectivity index (χ2v) is 3.10. The number of hydrogen-bond acceptors (Lipinski definition) is 2. The summed E-state index contributed by atoms with van der Waals surface area (Å²) in [4.78, 5) is 17.7. The van der Waals surface area contributed by atoms with Gasteiger partial charge in [0.05, 0.1) is 5.69 Å². The van der Waals surface area contributed by atoms with Gasteiger partial charge in [-0.05, 0) is 24.6 Å². The topological polar surface area (TPSA) is 45.8 Å². The Hall–Kier alpha value is -1.90. The van der Waals surface area contributed by atoms with Crippen molar-refractivity contribution in [1.29, 1.82) is 0 Å². The normalized spacial score (nSPS) is 10.1. The van der Waals surface area contributed by atoms with Crippen LogP contribution in [0.5, 0.6) is 0 Å². The number of nitrogens with zero attached hydrogens (tertiary/aromatic N) is 1. The Kier molecular flexibility index (Phi) is 2.14. The Labute approximate surface area is 81.8 Å². The largest absolute Gasteiger partial charge is 0.360 e. The number of rotatable bonds is 2. The minimum absolute atomic E-state index is 0.698. The number of aldehydes is 1. The van der Waals surface area contributed by atoms with Crippen LogP contribution in [0, 0.1) is 6.92 Å². The molecule has 0 aliphatic carbocycles. The summed E-state index contributed by atoms with van der Waals surface area (Å²) < 4.78 is 0. The van der Waals surface area contributed by atoms with E-state index < -0.39 is 0 Å². The van der Waals surface area contributed by atoms with Crippen LogP contribution in [0.3, 0.4) is 0 Å². The molecule has 3 nitrogen and oxygen atoms in total. The molecule has 2 aromatic rings. The first-order valence-corrected chi connectivity index (χ1v) is 4.36. The SMILES string of the molecule is Cc1c(C=O)c[nH]c1-c1cccnc1. The van der Waals surface area contributed by atoms with Crippen LogP contribution in [0.2, 0.25) is 0 Å². The van der Waals surface area contributed by atoms with Gasteiger partial charge in [-0.1, -0.05) is 0 Å². The maximum atomic E-state index is 10.6. The van der Waals surface area contributed by atoms with E-state index in [1.807, 2.05) is 19.1 Å². The number of carbonyl (C=O) groups is 1. The summed E-state index contributed by atoms with van der Waals surface area (Å²) in [6.07, 6.45) is 6.06. The average Bonchev–Trinajstić information content (AvgIpc) is 2.61. The van der Waals surface area contributed by atoms with Gasteiger partial charge in [0.2, 0.25) is 0 Å². The molecule has 0 unspecified atom stereocenters. The van der Waals surface area contributed by atoms with E-state index in [0.29, 0.717) is 5.56 Å². The van der Waals surface area contributed by atoms with Crippen LogP contribution >= 0.6 is 0 Å². The highest BCUT2D eigenvalue weighted by Crippen LogP contribution is 2.22. The van der Waals surface area contributed by atoms with E-state index in [9.17, 15) is 4.79 Å². The Morgan fingerprint density at radius 2 is 2.36 bits per heavy atom. The zero-order valence-electron chi connectivity index (χ0n) is 7.82. The van der Waals surface area contributed by atoms with Crippen molar-refractivity contribution in [2.45, 2.75) is 6.92 Å². The van der Waals surface area contributed by atoms with Crippen LogP contribution in [-0.4, -0.2) is 16.3 Å². The summed E-state index contributed by atoms with van der Waals surface area (Å²) in [5, 5.41) is 0. The quantitative estimate of drug-likeness (QED) is 0.731. The third kappa shape index (κ3) is 1.33. The molecule has 0 radical (unpaired) electrons. The maximum Gasteiger partial charge on any atom is 0.151 e. The molecule has 0 fully saturated rings. The van der Waals surface area contributed by atoms with Crippen LogP contribution in [0.15, 0.2) is 30.7 Å². The minimum atomic E-state index is 0.698. The lowest BCUT2D eigenvalue weighted by Crippen LogP contribution is -1.83. The molecule has 2 heterocycles. The zero-order chi connectivity index (χ0) is 9.97. The lowest BCUT2D eigenvalue weighted by atomic mass is 10.1. The third-order valence-corrected chi connectivity index (χ3v) is 2.26. The summed E-state index contributed by atoms with van der Waals surface area (Å²) in [6.45, 7) is 1.92. The van der Waals surface area contributed by atoms with Crippen molar-refractivity contribution < 1.29 is 4.79 Å². The van der Waals surface area contributed by atoms with Gasteiger partial charge in [-0.25, -0.2) is 0 Å². The van der Waals surface area contributed by atoms with Gasteiger partial charge in [-0.3, -0.25) is 9.78 Å². The van der Waals surface area contributed by atoms with E-state index in [-0.39, 0.29) is 0 Å². The molecule has 3 heteroatoms. The highest BCUT2D eigenvalue weighted by atomic mass is 16.1. The summed E-state index contributed by atoms with van der Waals surface area (Å²) in [5.74, 6) is 0. The van der Waals surface area contributed by atoms with E-state index in [4.69, 9.17) is 0 Å². The molecule has 0 bridgehead atoms. The molecular weight excluding hydrogens is 176 g/mol. The van der Waals surface area contributed by atoms with Crippen LogP contribution in [0.4, 0.5) is 0 Å². The molecule has 0 saturated heterocycles. The van der Waals surface area contributed by atoms with Crippen LogP contribution in [0.1, 0.15) is 15.9 Å². The number of nitrogens with one attached hydrogen (secondary N) is 1. The number of carbonyl (C=O) groups excluding carboxylic acids is 1. The van der Waals surface area contributed by atoms with E-state index in [0.717, 1.165) is 23.1 Å². The zero-order valence-corrected chi connectivity index (χ0v) is 7.82. The van der Waals surface area contributed by atoms with Crippen LogP contribution in [0.25, 0.3) is 11.3 Å². The molecule has 2 rings (SSSR count). The van der Waals surface area contributed by atoms with Gasteiger partial charge in [0.1, 0.15) is 0 Å². The summed E-state index contributed by atoms with van der Waals surface area (Å²) in [7, 11) is 0. The first-order valence-electron chi connectivity index (χ1n) is 4.36. The summed E-state index contributed by atoms with van der Waals surface area (Å²) in [6, 6.07) is 3.83. The summed E-state index contributed by atoms with van der Waals surface area (Å²) in [5.41, 5.74) is 3.62.